The van der Waals surface area contributed by atoms with Gasteiger partial charge in [-0.3, -0.25) is 0 Å². The van der Waals surface area contributed by atoms with Gasteiger partial charge in [0.25, 0.3) is 0 Å². The van der Waals surface area contributed by atoms with Crippen LogP contribution in [-0.2, 0) is 0 Å². The van der Waals surface area contributed by atoms with Crippen molar-refractivity contribution in [2.75, 3.05) is 38.2 Å². The summed E-state index contributed by atoms with van der Waals surface area (Å²) in [4.78, 5) is 2.45. The molecule has 2 aliphatic rings. The molecule has 0 amide bonds. The Morgan fingerprint density at radius 1 is 1.29 bits per heavy atom. The number of rotatable bonds is 3. The summed E-state index contributed by atoms with van der Waals surface area (Å²) in [5.41, 5.74) is 0. The lowest BCUT2D eigenvalue weighted by atomic mass is 10.1. The van der Waals surface area contributed by atoms with Gasteiger partial charge in [-0.1, -0.05) is 0 Å². The van der Waals surface area contributed by atoms with Gasteiger partial charge in [0.15, 0.2) is 0 Å². The number of likely N-dealkylation sites (tertiary alicyclic amines) is 1. The van der Waals surface area contributed by atoms with Gasteiger partial charge in [0.05, 0.1) is 0 Å². The maximum absolute atomic E-state index is 3.74. The van der Waals surface area contributed by atoms with E-state index in [0.717, 1.165) is 12.0 Å². The molecule has 2 saturated heterocycles. The summed E-state index contributed by atoms with van der Waals surface area (Å²) in [6, 6.07) is 0.821. The monoisotopic (exact) mass is 214 g/mol. The van der Waals surface area contributed by atoms with Crippen molar-refractivity contribution in [1.82, 2.24) is 10.2 Å². The lowest BCUT2D eigenvalue weighted by molar-refractivity contribution is 0.373. The van der Waals surface area contributed by atoms with Crippen LogP contribution in [0.2, 0.25) is 0 Å². The molecule has 2 rings (SSSR count). The van der Waals surface area contributed by atoms with Gasteiger partial charge in [-0.25, -0.2) is 0 Å². The minimum atomic E-state index is 0.821. The van der Waals surface area contributed by atoms with Crippen molar-refractivity contribution in [3.63, 3.8) is 0 Å². The fourth-order valence-corrected chi connectivity index (χ4v) is 3.53. The van der Waals surface area contributed by atoms with Crippen LogP contribution in [-0.4, -0.2) is 49.1 Å². The Hall–Kier alpha value is 0.270. The zero-order valence-electron chi connectivity index (χ0n) is 9.17. The van der Waals surface area contributed by atoms with E-state index in [2.05, 4.69) is 29.0 Å². The van der Waals surface area contributed by atoms with E-state index in [1.807, 2.05) is 0 Å². The molecular weight excluding hydrogens is 192 g/mol. The Bertz CT molecular complexity index is 164. The maximum Gasteiger partial charge on any atom is 0.00828 e. The highest BCUT2D eigenvalue weighted by molar-refractivity contribution is 7.99. The second-order valence-corrected chi connectivity index (χ2v) is 5.94. The summed E-state index contributed by atoms with van der Waals surface area (Å²) < 4.78 is 0. The number of thioether (sulfide) groups is 1. The highest BCUT2D eigenvalue weighted by atomic mass is 32.2. The lowest BCUT2D eigenvalue weighted by Gasteiger charge is -2.24. The number of nitrogens with one attached hydrogen (secondary N) is 1. The first kappa shape index (κ1) is 10.8. The number of hydrogen-bond acceptors (Lipinski definition) is 3. The molecule has 0 spiro atoms. The van der Waals surface area contributed by atoms with E-state index in [9.17, 15) is 0 Å². The molecule has 0 bridgehead atoms. The first-order valence-corrected chi connectivity index (χ1v) is 7.00. The molecule has 14 heavy (non-hydrogen) atoms. The van der Waals surface area contributed by atoms with Crippen LogP contribution in [0, 0.1) is 5.92 Å². The molecule has 3 heteroatoms. The topological polar surface area (TPSA) is 15.3 Å². The second kappa shape index (κ2) is 5.38. The summed E-state index contributed by atoms with van der Waals surface area (Å²) >= 11 is 2.11. The quantitative estimate of drug-likeness (QED) is 0.765. The van der Waals surface area contributed by atoms with Crippen LogP contribution < -0.4 is 5.32 Å². The molecule has 0 aromatic heterocycles. The molecule has 2 heterocycles. The molecule has 1 N–H and O–H groups in total. The van der Waals surface area contributed by atoms with E-state index >= 15 is 0 Å². The summed E-state index contributed by atoms with van der Waals surface area (Å²) in [5.74, 6) is 3.64. The van der Waals surface area contributed by atoms with Crippen LogP contribution >= 0.6 is 11.8 Å². The van der Waals surface area contributed by atoms with Crippen LogP contribution in [0.3, 0.4) is 0 Å². The number of nitrogens with zero attached hydrogens (tertiary/aromatic N) is 1. The molecule has 2 aliphatic heterocycles. The van der Waals surface area contributed by atoms with Crippen LogP contribution in [0.5, 0.6) is 0 Å². The summed E-state index contributed by atoms with van der Waals surface area (Å²) in [6.07, 6.45) is 4.16. The molecule has 0 aromatic rings. The van der Waals surface area contributed by atoms with Crippen molar-refractivity contribution in [3.05, 3.63) is 0 Å². The van der Waals surface area contributed by atoms with E-state index in [1.54, 1.807) is 0 Å². The number of hydrogen-bond donors (Lipinski definition) is 1. The second-order valence-electron chi connectivity index (χ2n) is 4.71. The van der Waals surface area contributed by atoms with E-state index in [0.29, 0.717) is 0 Å². The maximum atomic E-state index is 3.74. The molecule has 1 unspecified atom stereocenters. The van der Waals surface area contributed by atoms with Crippen molar-refractivity contribution >= 4 is 11.8 Å². The largest absolute Gasteiger partial charge is 0.314 e. The Balaban J connectivity index is 1.61. The van der Waals surface area contributed by atoms with Gasteiger partial charge in [-0.15, -0.1) is 0 Å². The normalized spacial score (nSPS) is 31.1. The van der Waals surface area contributed by atoms with E-state index < -0.39 is 0 Å². The minimum absolute atomic E-state index is 0.821. The predicted molar refractivity (Wildman–Crippen MR) is 64.0 cm³/mol. The molecule has 0 aromatic carbocycles. The highest BCUT2D eigenvalue weighted by Crippen LogP contribution is 2.18. The molecule has 0 aliphatic carbocycles. The predicted octanol–water partition coefficient (Wildman–Crippen LogP) is 1.42. The van der Waals surface area contributed by atoms with Gasteiger partial charge in [0.1, 0.15) is 0 Å². The summed E-state index contributed by atoms with van der Waals surface area (Å²) in [7, 11) is 2.23. The van der Waals surface area contributed by atoms with Crippen molar-refractivity contribution in [3.8, 4) is 0 Å². The zero-order chi connectivity index (χ0) is 9.80. The third-order valence-electron chi connectivity index (χ3n) is 3.41. The Kier molecular flexibility index (Phi) is 4.14. The average molecular weight is 214 g/mol. The van der Waals surface area contributed by atoms with Crippen molar-refractivity contribution < 1.29 is 0 Å². The zero-order valence-corrected chi connectivity index (χ0v) is 9.98. The van der Waals surface area contributed by atoms with E-state index in [-0.39, 0.29) is 0 Å². The molecule has 0 radical (unpaired) electrons. The standard InChI is InChI=1S/C11H22N2S/c1-13-5-2-10(9-13)8-12-11-3-6-14-7-4-11/h10-12H,2-9H2,1H3. The summed E-state index contributed by atoms with van der Waals surface area (Å²) in [6.45, 7) is 3.85. The van der Waals surface area contributed by atoms with Crippen molar-refractivity contribution in [1.29, 1.82) is 0 Å². The first-order valence-electron chi connectivity index (χ1n) is 5.84. The lowest BCUT2D eigenvalue weighted by Crippen LogP contribution is -2.36. The highest BCUT2D eigenvalue weighted by Gasteiger charge is 2.20. The van der Waals surface area contributed by atoms with Crippen LogP contribution in [0.25, 0.3) is 0 Å². The first-order chi connectivity index (χ1) is 6.84. The molecular formula is C11H22N2S. The SMILES string of the molecule is CN1CCC(CNC2CCSCC2)C1. The van der Waals surface area contributed by atoms with Gasteiger partial charge < -0.3 is 10.2 Å². The molecule has 2 nitrogen and oxygen atoms in total. The van der Waals surface area contributed by atoms with Gasteiger partial charge in [-0.2, -0.15) is 11.8 Å². The van der Waals surface area contributed by atoms with Crippen LogP contribution in [0.15, 0.2) is 0 Å². The molecule has 2 fully saturated rings. The molecule has 82 valence electrons. The Morgan fingerprint density at radius 2 is 2.07 bits per heavy atom. The third kappa shape index (κ3) is 3.14. The van der Waals surface area contributed by atoms with Gasteiger partial charge in [0.2, 0.25) is 0 Å². The average Bonchev–Trinajstić information content (AvgIpc) is 2.63. The van der Waals surface area contributed by atoms with Gasteiger partial charge in [-0.05, 0) is 56.8 Å². The van der Waals surface area contributed by atoms with Crippen LogP contribution in [0.1, 0.15) is 19.3 Å². The van der Waals surface area contributed by atoms with E-state index in [4.69, 9.17) is 0 Å². The fourth-order valence-electron chi connectivity index (χ4n) is 2.43. The molecule has 0 saturated carbocycles. The smallest absolute Gasteiger partial charge is 0.00828 e. The van der Waals surface area contributed by atoms with Gasteiger partial charge >= 0.3 is 0 Å². The molecule has 1 atom stereocenters. The van der Waals surface area contributed by atoms with Gasteiger partial charge in [0, 0.05) is 12.6 Å². The van der Waals surface area contributed by atoms with Crippen molar-refractivity contribution in [2.24, 2.45) is 5.92 Å². The summed E-state index contributed by atoms with van der Waals surface area (Å²) in [5, 5.41) is 3.74. The van der Waals surface area contributed by atoms with Crippen molar-refractivity contribution in [2.45, 2.75) is 25.3 Å². The van der Waals surface area contributed by atoms with E-state index in [1.165, 1.54) is 50.4 Å². The Morgan fingerprint density at radius 3 is 2.71 bits per heavy atom. The Labute approximate surface area is 91.8 Å². The minimum Gasteiger partial charge on any atom is -0.314 e. The van der Waals surface area contributed by atoms with Crippen LogP contribution in [0.4, 0.5) is 0 Å². The third-order valence-corrected chi connectivity index (χ3v) is 4.45. The fraction of sp³-hybridized carbons (Fsp3) is 1.00.